The van der Waals surface area contributed by atoms with Crippen LogP contribution >= 0.6 is 0 Å². The molecule has 72 valence electrons. The molecule has 0 saturated carbocycles. The first kappa shape index (κ1) is 13.2. The summed E-state index contributed by atoms with van der Waals surface area (Å²) in [5.41, 5.74) is 0.234. The maximum absolute atomic E-state index is 10.8. The van der Waals surface area contributed by atoms with E-state index in [9.17, 15) is 4.79 Å². The molecule has 0 fully saturated rings. The Morgan fingerprint density at radius 2 is 2.21 bits per heavy atom. The molecule has 0 saturated heterocycles. The van der Waals surface area contributed by atoms with Crippen molar-refractivity contribution in [2.75, 3.05) is 0 Å². The Labute approximate surface area is 96.3 Å². The van der Waals surface area contributed by atoms with E-state index >= 15 is 0 Å². The largest absolute Gasteiger partial charge is 0.481 e. The monoisotopic (exact) mass is 243 g/mol. The van der Waals surface area contributed by atoms with Crippen LogP contribution in [-0.2, 0) is 30.7 Å². The van der Waals surface area contributed by atoms with Crippen molar-refractivity contribution in [3.05, 3.63) is 30.1 Å². The van der Waals surface area contributed by atoms with Gasteiger partial charge in [-0.2, -0.15) is 0 Å². The Morgan fingerprint density at radius 1 is 1.57 bits per heavy atom. The van der Waals surface area contributed by atoms with Crippen molar-refractivity contribution in [2.45, 2.75) is 20.3 Å². The van der Waals surface area contributed by atoms with Crippen LogP contribution in [-0.4, -0.2) is 16.1 Å². The molecule has 0 aliphatic heterocycles. The maximum Gasteiger partial charge on any atom is 0.309 e. The van der Waals surface area contributed by atoms with Crippen molar-refractivity contribution in [1.29, 1.82) is 0 Å². The summed E-state index contributed by atoms with van der Waals surface area (Å²) >= 11 is 0. The fourth-order valence-electron chi connectivity index (χ4n) is 1.09. The summed E-state index contributed by atoms with van der Waals surface area (Å²) in [6, 6.07) is 3.70. The molecule has 0 radical (unpaired) electrons. The van der Waals surface area contributed by atoms with Gasteiger partial charge in [-0.3, -0.25) is 9.78 Å². The van der Waals surface area contributed by atoms with E-state index in [1.54, 1.807) is 26.2 Å². The van der Waals surface area contributed by atoms with Crippen LogP contribution in [0.4, 0.5) is 0 Å². The normalized spacial score (nSPS) is 10.4. The minimum absolute atomic E-state index is 0. The summed E-state index contributed by atoms with van der Waals surface area (Å²) in [7, 11) is 0. The molecule has 0 bridgehead atoms. The molecule has 0 amide bonds. The topological polar surface area (TPSA) is 50.2 Å². The third-order valence-corrected chi connectivity index (χ3v) is 1.95. The Morgan fingerprint density at radius 3 is 2.64 bits per heavy atom. The van der Waals surface area contributed by atoms with Crippen LogP contribution in [0.2, 0.25) is 0 Å². The molecule has 0 spiro atoms. The maximum atomic E-state index is 10.8. The van der Waals surface area contributed by atoms with Crippen molar-refractivity contribution in [2.24, 2.45) is 5.41 Å². The van der Waals surface area contributed by atoms with Gasteiger partial charge in [0.05, 0.1) is 5.41 Å². The van der Waals surface area contributed by atoms with Crippen molar-refractivity contribution >= 4 is 5.97 Å². The minimum atomic E-state index is -0.781. The van der Waals surface area contributed by atoms with E-state index in [1.807, 2.05) is 12.1 Å². The molecule has 14 heavy (non-hydrogen) atoms. The van der Waals surface area contributed by atoms with Gasteiger partial charge in [0.1, 0.15) is 0 Å². The number of carboxylic acid groups (broad SMARTS) is 1. The molecule has 4 heteroatoms. The smallest absolute Gasteiger partial charge is 0.309 e. The van der Waals surface area contributed by atoms with Crippen LogP contribution in [0.15, 0.2) is 24.5 Å². The second-order valence-electron chi connectivity index (χ2n) is 3.73. The van der Waals surface area contributed by atoms with Gasteiger partial charge in [0.2, 0.25) is 0 Å². The van der Waals surface area contributed by atoms with Gasteiger partial charge in [-0.25, -0.2) is 0 Å². The molecule has 1 N–H and O–H groups in total. The first-order valence-corrected chi connectivity index (χ1v) is 4.15. The van der Waals surface area contributed by atoms with Crippen LogP contribution in [0.1, 0.15) is 19.4 Å². The fourth-order valence-corrected chi connectivity index (χ4v) is 1.09. The number of rotatable bonds is 3. The average molecular weight is 245 g/mol. The van der Waals surface area contributed by atoms with E-state index in [1.165, 1.54) is 0 Å². The predicted molar refractivity (Wildman–Crippen MR) is 49.4 cm³/mol. The van der Waals surface area contributed by atoms with Gasteiger partial charge in [0.25, 0.3) is 0 Å². The third kappa shape index (κ3) is 3.54. The molecule has 0 aromatic carbocycles. The summed E-state index contributed by atoms with van der Waals surface area (Å²) in [5.74, 6) is -0.781. The van der Waals surface area contributed by atoms with Gasteiger partial charge in [0.15, 0.2) is 0 Å². The minimum Gasteiger partial charge on any atom is -0.481 e. The van der Waals surface area contributed by atoms with Gasteiger partial charge < -0.3 is 5.11 Å². The quantitative estimate of drug-likeness (QED) is 0.824. The molecule has 0 aliphatic rings. The summed E-state index contributed by atoms with van der Waals surface area (Å²) < 4.78 is 0. The molecule has 0 atom stereocenters. The average Bonchev–Trinajstić information content (AvgIpc) is 2.05. The van der Waals surface area contributed by atoms with Crippen LogP contribution in [0.5, 0.6) is 0 Å². The molecule has 0 unspecified atom stereocenters. The van der Waals surface area contributed by atoms with Crippen molar-refractivity contribution in [3.8, 4) is 0 Å². The van der Waals surface area contributed by atoms with Gasteiger partial charge >= 0.3 is 5.97 Å². The predicted octanol–water partition coefficient (Wildman–Crippen LogP) is 1.73. The first-order valence-electron chi connectivity index (χ1n) is 4.15. The zero-order chi connectivity index (χ0) is 9.90. The number of nitrogens with zero attached hydrogens (tertiary/aromatic N) is 1. The molecular weight excluding hydrogens is 232 g/mol. The number of pyridine rings is 1. The number of aromatic nitrogens is 1. The fraction of sp³-hybridized carbons (Fsp3) is 0.400. The van der Waals surface area contributed by atoms with E-state index in [0.29, 0.717) is 6.42 Å². The van der Waals surface area contributed by atoms with Gasteiger partial charge in [0, 0.05) is 31.9 Å². The van der Waals surface area contributed by atoms with Crippen LogP contribution in [0.3, 0.4) is 0 Å². The first-order chi connectivity index (χ1) is 6.02. The Bertz CT molecular complexity index is 298. The Kier molecular flexibility index (Phi) is 4.92. The van der Waals surface area contributed by atoms with E-state index in [2.05, 4.69) is 4.98 Å². The standard InChI is InChI=1S/C10H13NO2.Zn/c1-10(2,9(12)13)6-8-4-3-5-11-7-8;/h3-5,7H,6H2,1-2H3,(H,12,13);. The van der Waals surface area contributed by atoms with Crippen LogP contribution in [0.25, 0.3) is 0 Å². The number of carboxylic acids is 1. The van der Waals surface area contributed by atoms with Gasteiger partial charge in [-0.15, -0.1) is 0 Å². The second kappa shape index (κ2) is 5.21. The number of hydrogen-bond acceptors (Lipinski definition) is 2. The Hall–Kier alpha value is -0.757. The zero-order valence-corrected chi connectivity index (χ0v) is 11.5. The number of hydrogen-bond donors (Lipinski definition) is 1. The third-order valence-electron chi connectivity index (χ3n) is 1.95. The molecule has 1 heterocycles. The van der Waals surface area contributed by atoms with Crippen LogP contribution < -0.4 is 0 Å². The summed E-state index contributed by atoms with van der Waals surface area (Å²) in [4.78, 5) is 14.7. The molecular formula is C10H13NO2Zn. The Balaban J connectivity index is 0.00000169. The molecule has 1 rings (SSSR count). The molecule has 1 aromatic heterocycles. The van der Waals surface area contributed by atoms with E-state index in [-0.39, 0.29) is 19.5 Å². The molecule has 0 aliphatic carbocycles. The summed E-state index contributed by atoms with van der Waals surface area (Å²) in [6.45, 7) is 3.42. The molecule has 3 nitrogen and oxygen atoms in total. The SMILES string of the molecule is CC(C)(Cc1cccnc1)C(=O)O.[Zn]. The second-order valence-corrected chi connectivity index (χ2v) is 3.73. The summed E-state index contributed by atoms with van der Waals surface area (Å²) in [5, 5.41) is 8.88. The number of aliphatic carboxylic acids is 1. The van der Waals surface area contributed by atoms with Gasteiger partial charge in [-0.1, -0.05) is 6.07 Å². The zero-order valence-electron chi connectivity index (χ0n) is 8.53. The van der Waals surface area contributed by atoms with Crippen molar-refractivity contribution in [3.63, 3.8) is 0 Å². The van der Waals surface area contributed by atoms with Crippen LogP contribution in [0, 0.1) is 5.41 Å². The number of carbonyl (C=O) groups is 1. The van der Waals surface area contributed by atoms with Crippen molar-refractivity contribution < 1.29 is 29.4 Å². The van der Waals surface area contributed by atoms with E-state index in [4.69, 9.17) is 5.11 Å². The van der Waals surface area contributed by atoms with Gasteiger partial charge in [-0.05, 0) is 31.9 Å². The summed E-state index contributed by atoms with van der Waals surface area (Å²) in [6.07, 6.45) is 3.89. The van der Waals surface area contributed by atoms with Crippen molar-refractivity contribution in [1.82, 2.24) is 4.98 Å². The van der Waals surface area contributed by atoms with E-state index in [0.717, 1.165) is 5.56 Å². The van der Waals surface area contributed by atoms with E-state index < -0.39 is 11.4 Å². The molecule has 1 aromatic rings.